The lowest BCUT2D eigenvalue weighted by Gasteiger charge is -2.32. The molecule has 20 heavy (non-hydrogen) atoms. The largest absolute Gasteiger partial charge is 0.378 e. The highest BCUT2D eigenvalue weighted by molar-refractivity contribution is 5.76. The van der Waals surface area contributed by atoms with Gasteiger partial charge in [0.15, 0.2) is 0 Å². The summed E-state index contributed by atoms with van der Waals surface area (Å²) >= 11 is 0. The number of nitrogens with one attached hydrogen (secondary N) is 2. The van der Waals surface area contributed by atoms with E-state index in [9.17, 15) is 4.79 Å². The predicted octanol–water partition coefficient (Wildman–Crippen LogP) is 0.746. The van der Waals surface area contributed by atoms with Crippen molar-refractivity contribution >= 4 is 5.91 Å². The van der Waals surface area contributed by atoms with Crippen LogP contribution in [0.3, 0.4) is 0 Å². The molecule has 0 spiro atoms. The summed E-state index contributed by atoms with van der Waals surface area (Å²) in [5, 5.41) is 6.46. The van der Waals surface area contributed by atoms with E-state index in [2.05, 4.69) is 22.5 Å². The van der Waals surface area contributed by atoms with Crippen LogP contribution in [0.5, 0.6) is 0 Å². The van der Waals surface area contributed by atoms with Gasteiger partial charge in [-0.2, -0.15) is 0 Å². The van der Waals surface area contributed by atoms with Crippen LogP contribution < -0.4 is 10.6 Å². The number of rotatable bonds is 6. The topological polar surface area (TPSA) is 53.6 Å². The number of hydrogen-bond acceptors (Lipinski definition) is 4. The first-order chi connectivity index (χ1) is 9.78. The maximum atomic E-state index is 11.9. The maximum absolute atomic E-state index is 11.9. The summed E-state index contributed by atoms with van der Waals surface area (Å²) in [6.07, 6.45) is 5.26. The first-order valence-electron chi connectivity index (χ1n) is 8.12. The zero-order valence-electron chi connectivity index (χ0n) is 12.7. The Balaban J connectivity index is 1.57. The summed E-state index contributed by atoms with van der Waals surface area (Å²) in [4.78, 5) is 14.3. The molecule has 2 aliphatic heterocycles. The summed E-state index contributed by atoms with van der Waals surface area (Å²) in [6.45, 7) is 8.04. The number of likely N-dealkylation sites (tertiary alicyclic amines) is 1. The van der Waals surface area contributed by atoms with Crippen LogP contribution in [-0.4, -0.2) is 62.3 Å². The van der Waals surface area contributed by atoms with E-state index in [0.717, 1.165) is 45.4 Å². The first kappa shape index (κ1) is 15.7. The van der Waals surface area contributed by atoms with Crippen molar-refractivity contribution < 1.29 is 9.53 Å². The Morgan fingerprint density at radius 1 is 1.35 bits per heavy atom. The summed E-state index contributed by atoms with van der Waals surface area (Å²) in [5.41, 5.74) is 0. The highest BCUT2D eigenvalue weighted by Gasteiger charge is 2.20. The molecule has 0 radical (unpaired) electrons. The van der Waals surface area contributed by atoms with Crippen LogP contribution in [0.4, 0.5) is 0 Å². The van der Waals surface area contributed by atoms with Gasteiger partial charge in [0.2, 0.25) is 5.91 Å². The molecule has 0 aliphatic carbocycles. The molecule has 5 nitrogen and oxygen atoms in total. The second-order valence-corrected chi connectivity index (χ2v) is 5.87. The minimum Gasteiger partial charge on any atom is -0.378 e. The van der Waals surface area contributed by atoms with Crippen molar-refractivity contribution in [1.29, 1.82) is 0 Å². The summed E-state index contributed by atoms with van der Waals surface area (Å²) in [6, 6.07) is 0.329. The van der Waals surface area contributed by atoms with Crippen LogP contribution in [0.1, 0.15) is 39.0 Å². The lowest BCUT2D eigenvalue weighted by atomic mass is 10.1. The van der Waals surface area contributed by atoms with E-state index in [1.54, 1.807) is 0 Å². The van der Waals surface area contributed by atoms with Gasteiger partial charge in [0.25, 0.3) is 0 Å². The smallest absolute Gasteiger partial charge is 0.222 e. The number of carbonyl (C=O) groups is 1. The molecule has 2 aliphatic rings. The Hall–Kier alpha value is -0.650. The molecular weight excluding hydrogens is 254 g/mol. The summed E-state index contributed by atoms with van der Waals surface area (Å²) < 4.78 is 5.77. The number of piperidine rings is 2. The van der Waals surface area contributed by atoms with Crippen LogP contribution >= 0.6 is 0 Å². The van der Waals surface area contributed by atoms with Gasteiger partial charge in [-0.05, 0) is 51.9 Å². The molecule has 0 aromatic carbocycles. The zero-order valence-corrected chi connectivity index (χ0v) is 12.7. The highest BCUT2D eigenvalue weighted by Crippen LogP contribution is 2.10. The molecule has 2 rings (SSSR count). The molecular formula is C15H29N3O2. The fraction of sp³-hybridized carbons (Fsp3) is 0.933. The number of amides is 1. The Bertz CT molecular complexity index is 293. The van der Waals surface area contributed by atoms with Crippen LogP contribution in [0.25, 0.3) is 0 Å². The van der Waals surface area contributed by atoms with E-state index < -0.39 is 0 Å². The van der Waals surface area contributed by atoms with E-state index in [1.807, 2.05) is 0 Å². The van der Waals surface area contributed by atoms with Gasteiger partial charge in [-0.3, -0.25) is 4.79 Å². The highest BCUT2D eigenvalue weighted by atomic mass is 16.5. The van der Waals surface area contributed by atoms with E-state index in [1.165, 1.54) is 13.0 Å². The first-order valence-corrected chi connectivity index (χ1v) is 8.12. The second-order valence-electron chi connectivity index (χ2n) is 5.87. The average molecular weight is 283 g/mol. The van der Waals surface area contributed by atoms with Crippen molar-refractivity contribution in [3.63, 3.8) is 0 Å². The Morgan fingerprint density at radius 2 is 2.15 bits per heavy atom. The summed E-state index contributed by atoms with van der Waals surface area (Å²) in [7, 11) is 0. The molecule has 1 atom stereocenters. The van der Waals surface area contributed by atoms with Gasteiger partial charge in [-0.15, -0.1) is 0 Å². The van der Waals surface area contributed by atoms with E-state index in [4.69, 9.17) is 4.74 Å². The molecule has 0 bridgehead atoms. The van der Waals surface area contributed by atoms with Gasteiger partial charge >= 0.3 is 0 Å². The lowest BCUT2D eigenvalue weighted by molar-refractivity contribution is -0.123. The molecule has 2 saturated heterocycles. The van der Waals surface area contributed by atoms with E-state index in [-0.39, 0.29) is 5.91 Å². The fourth-order valence-corrected chi connectivity index (χ4v) is 3.04. The van der Waals surface area contributed by atoms with E-state index in [0.29, 0.717) is 25.2 Å². The molecule has 2 heterocycles. The van der Waals surface area contributed by atoms with Crippen LogP contribution in [0.15, 0.2) is 0 Å². The molecule has 5 heteroatoms. The third kappa shape index (κ3) is 5.38. The lowest BCUT2D eigenvalue weighted by Crippen LogP contribution is -2.47. The Labute approximate surface area is 122 Å². The van der Waals surface area contributed by atoms with Crippen molar-refractivity contribution in [2.24, 2.45) is 0 Å². The quantitative estimate of drug-likeness (QED) is 0.755. The monoisotopic (exact) mass is 283 g/mol. The molecule has 0 aromatic heterocycles. The predicted molar refractivity (Wildman–Crippen MR) is 79.7 cm³/mol. The van der Waals surface area contributed by atoms with Crippen LogP contribution in [0, 0.1) is 0 Å². The van der Waals surface area contributed by atoms with Gasteiger partial charge in [-0.1, -0.05) is 6.92 Å². The van der Waals surface area contributed by atoms with Crippen molar-refractivity contribution in [3.8, 4) is 0 Å². The number of hydrogen-bond donors (Lipinski definition) is 2. The summed E-state index contributed by atoms with van der Waals surface area (Å²) in [5.74, 6) is 0.141. The maximum Gasteiger partial charge on any atom is 0.222 e. The Kier molecular flexibility index (Phi) is 6.76. The van der Waals surface area contributed by atoms with E-state index >= 15 is 0 Å². The zero-order chi connectivity index (χ0) is 14.2. The van der Waals surface area contributed by atoms with Gasteiger partial charge in [-0.25, -0.2) is 0 Å². The molecule has 2 fully saturated rings. The van der Waals surface area contributed by atoms with Crippen LogP contribution in [0.2, 0.25) is 0 Å². The molecule has 0 saturated carbocycles. The second kappa shape index (κ2) is 8.60. The van der Waals surface area contributed by atoms with Gasteiger partial charge in [0.1, 0.15) is 0 Å². The van der Waals surface area contributed by atoms with Crippen molar-refractivity contribution in [2.45, 2.75) is 51.2 Å². The van der Waals surface area contributed by atoms with Crippen molar-refractivity contribution in [2.75, 3.05) is 39.3 Å². The minimum atomic E-state index is 0.141. The number of carbonyl (C=O) groups excluding carboxylic acids is 1. The molecule has 116 valence electrons. The minimum absolute atomic E-state index is 0.141. The van der Waals surface area contributed by atoms with Gasteiger partial charge in [0, 0.05) is 19.0 Å². The molecule has 1 amide bonds. The van der Waals surface area contributed by atoms with Gasteiger partial charge in [0.05, 0.1) is 12.7 Å². The van der Waals surface area contributed by atoms with Crippen molar-refractivity contribution in [1.82, 2.24) is 15.5 Å². The third-order valence-electron chi connectivity index (χ3n) is 4.29. The number of likely N-dealkylation sites (N-methyl/N-ethyl adjacent to an activating group) is 1. The average Bonchev–Trinajstić information content (AvgIpc) is 2.48. The molecule has 0 aromatic rings. The fourth-order valence-electron chi connectivity index (χ4n) is 3.04. The van der Waals surface area contributed by atoms with Crippen LogP contribution in [-0.2, 0) is 9.53 Å². The normalized spacial score (nSPS) is 25.6. The number of nitrogens with zero attached hydrogens (tertiary/aromatic N) is 1. The SMILES string of the molecule is CCN1CCCC(NC(=O)CCOC2CCNCC2)C1. The third-order valence-corrected chi connectivity index (χ3v) is 4.29. The van der Waals surface area contributed by atoms with Crippen molar-refractivity contribution in [3.05, 3.63) is 0 Å². The molecule has 2 N–H and O–H groups in total. The molecule has 1 unspecified atom stereocenters. The standard InChI is InChI=1S/C15H29N3O2/c1-2-18-10-3-4-13(12-18)17-15(19)7-11-20-14-5-8-16-9-6-14/h13-14,16H,2-12H2,1H3,(H,17,19). The van der Waals surface area contributed by atoms with Gasteiger partial charge < -0.3 is 20.3 Å². The Morgan fingerprint density at radius 3 is 2.90 bits per heavy atom. The number of ether oxygens (including phenoxy) is 1.